The molecule has 0 fully saturated rings. The van der Waals surface area contributed by atoms with Gasteiger partial charge in [-0.15, -0.1) is 0 Å². The zero-order valence-corrected chi connectivity index (χ0v) is 9.18. The largest absolute Gasteiger partial charge is 0.355 e. The quantitative estimate of drug-likeness (QED) is 0.609. The average molecular weight is 201 g/mol. The second-order valence-electron chi connectivity index (χ2n) is 3.39. The lowest BCUT2D eigenvalue weighted by atomic mass is 10.3. The molecule has 14 heavy (non-hydrogen) atoms. The van der Waals surface area contributed by atoms with E-state index in [2.05, 4.69) is 16.0 Å². The fourth-order valence-electron chi connectivity index (χ4n) is 0.893. The Hall–Kier alpha value is -1.26. The normalized spacial score (nSPS) is 12.1. The van der Waals surface area contributed by atoms with Crippen LogP contribution >= 0.6 is 0 Å². The first-order valence-corrected chi connectivity index (χ1v) is 4.82. The lowest BCUT2D eigenvalue weighted by Gasteiger charge is -2.15. The Labute approximate surface area is 84.6 Å². The minimum absolute atomic E-state index is 0.0661. The van der Waals surface area contributed by atoms with Crippen LogP contribution in [0.25, 0.3) is 0 Å². The van der Waals surface area contributed by atoms with Gasteiger partial charge in [0.2, 0.25) is 5.91 Å². The highest BCUT2D eigenvalue weighted by Crippen LogP contribution is 1.83. The maximum atomic E-state index is 11.2. The Balaban J connectivity index is 3.87. The number of hydrogen-bond donors (Lipinski definition) is 3. The van der Waals surface area contributed by atoms with Crippen LogP contribution in [0.3, 0.4) is 0 Å². The highest BCUT2D eigenvalue weighted by Gasteiger charge is 2.14. The van der Waals surface area contributed by atoms with Gasteiger partial charge in [0, 0.05) is 12.6 Å². The van der Waals surface area contributed by atoms with E-state index in [1.165, 1.54) is 0 Å². The van der Waals surface area contributed by atoms with Crippen LogP contribution in [0.4, 0.5) is 4.79 Å². The molecule has 0 rings (SSSR count). The van der Waals surface area contributed by atoms with E-state index < -0.39 is 6.04 Å². The molecule has 0 heterocycles. The lowest BCUT2D eigenvalue weighted by molar-refractivity contribution is -0.122. The molecule has 0 saturated heterocycles. The van der Waals surface area contributed by atoms with Crippen molar-refractivity contribution in [3.05, 3.63) is 0 Å². The first-order valence-electron chi connectivity index (χ1n) is 4.82. The maximum absolute atomic E-state index is 11.2. The van der Waals surface area contributed by atoms with E-state index >= 15 is 0 Å². The first-order chi connectivity index (χ1) is 6.47. The van der Waals surface area contributed by atoms with E-state index in [1.54, 1.807) is 6.92 Å². The Morgan fingerprint density at radius 1 is 1.14 bits per heavy atom. The summed E-state index contributed by atoms with van der Waals surface area (Å²) in [5.74, 6) is -0.175. The van der Waals surface area contributed by atoms with Crippen molar-refractivity contribution in [2.24, 2.45) is 0 Å². The van der Waals surface area contributed by atoms with Crippen LogP contribution in [-0.4, -0.2) is 30.6 Å². The molecule has 1 atom stereocenters. The SMILES string of the molecule is CCNC(=O)C(C)NC(=O)NC(C)C. The Bertz CT molecular complexity index is 204. The molecular weight excluding hydrogens is 182 g/mol. The highest BCUT2D eigenvalue weighted by atomic mass is 16.2. The van der Waals surface area contributed by atoms with E-state index in [1.807, 2.05) is 20.8 Å². The summed E-state index contributed by atoms with van der Waals surface area (Å²) in [7, 11) is 0. The summed E-state index contributed by atoms with van der Waals surface area (Å²) < 4.78 is 0. The van der Waals surface area contributed by atoms with Gasteiger partial charge in [0.1, 0.15) is 6.04 Å². The predicted octanol–water partition coefficient (Wildman–Crippen LogP) is 0.219. The van der Waals surface area contributed by atoms with Gasteiger partial charge in [-0.25, -0.2) is 4.79 Å². The standard InChI is InChI=1S/C9H19N3O2/c1-5-10-8(13)7(4)12-9(14)11-6(2)3/h6-7H,5H2,1-4H3,(H,10,13)(H2,11,12,14). The molecule has 3 N–H and O–H groups in total. The molecule has 0 aliphatic heterocycles. The summed E-state index contributed by atoms with van der Waals surface area (Å²) >= 11 is 0. The number of nitrogens with one attached hydrogen (secondary N) is 3. The number of urea groups is 1. The van der Waals surface area contributed by atoms with Crippen LogP contribution in [0, 0.1) is 0 Å². The van der Waals surface area contributed by atoms with Gasteiger partial charge in [-0.1, -0.05) is 0 Å². The summed E-state index contributed by atoms with van der Waals surface area (Å²) in [6.45, 7) is 7.76. The zero-order valence-electron chi connectivity index (χ0n) is 9.18. The molecule has 0 spiro atoms. The smallest absolute Gasteiger partial charge is 0.315 e. The second kappa shape index (κ2) is 6.23. The van der Waals surface area contributed by atoms with Crippen LogP contribution in [0.15, 0.2) is 0 Å². The third-order valence-electron chi connectivity index (χ3n) is 1.51. The van der Waals surface area contributed by atoms with Crippen molar-refractivity contribution in [2.75, 3.05) is 6.54 Å². The van der Waals surface area contributed by atoms with Crippen molar-refractivity contribution in [2.45, 2.75) is 39.8 Å². The molecule has 0 bridgehead atoms. The predicted molar refractivity (Wildman–Crippen MR) is 54.9 cm³/mol. The van der Waals surface area contributed by atoms with Gasteiger partial charge in [0.15, 0.2) is 0 Å². The van der Waals surface area contributed by atoms with Gasteiger partial charge in [0.25, 0.3) is 0 Å². The Morgan fingerprint density at radius 3 is 2.14 bits per heavy atom. The number of hydrogen-bond acceptors (Lipinski definition) is 2. The van der Waals surface area contributed by atoms with Gasteiger partial charge in [-0.05, 0) is 27.7 Å². The lowest BCUT2D eigenvalue weighted by Crippen LogP contribution is -2.49. The third kappa shape index (κ3) is 5.40. The van der Waals surface area contributed by atoms with Gasteiger partial charge < -0.3 is 16.0 Å². The minimum atomic E-state index is -0.506. The second-order valence-corrected chi connectivity index (χ2v) is 3.39. The van der Waals surface area contributed by atoms with Crippen LogP contribution in [0.1, 0.15) is 27.7 Å². The number of amides is 3. The Kier molecular flexibility index (Phi) is 5.67. The summed E-state index contributed by atoms with van der Waals surface area (Å²) in [6.07, 6.45) is 0. The maximum Gasteiger partial charge on any atom is 0.315 e. The van der Waals surface area contributed by atoms with Crippen molar-refractivity contribution < 1.29 is 9.59 Å². The third-order valence-corrected chi connectivity index (χ3v) is 1.51. The molecular formula is C9H19N3O2. The molecule has 1 unspecified atom stereocenters. The van der Waals surface area contributed by atoms with Crippen molar-refractivity contribution in [1.82, 2.24) is 16.0 Å². The number of likely N-dealkylation sites (N-methyl/N-ethyl adjacent to an activating group) is 1. The minimum Gasteiger partial charge on any atom is -0.355 e. The molecule has 0 aliphatic carbocycles. The molecule has 0 aromatic carbocycles. The molecule has 0 radical (unpaired) electrons. The molecule has 3 amide bonds. The highest BCUT2D eigenvalue weighted by molar-refractivity contribution is 5.86. The fraction of sp³-hybridized carbons (Fsp3) is 0.778. The molecule has 0 aromatic heterocycles. The molecule has 0 aliphatic rings. The molecule has 0 saturated carbocycles. The van der Waals surface area contributed by atoms with Crippen LogP contribution in [0.2, 0.25) is 0 Å². The topological polar surface area (TPSA) is 70.2 Å². The molecule has 5 heteroatoms. The molecule has 5 nitrogen and oxygen atoms in total. The van der Waals surface area contributed by atoms with E-state index in [-0.39, 0.29) is 18.0 Å². The zero-order chi connectivity index (χ0) is 11.1. The van der Waals surface area contributed by atoms with Crippen molar-refractivity contribution >= 4 is 11.9 Å². The van der Waals surface area contributed by atoms with Crippen molar-refractivity contribution in [3.63, 3.8) is 0 Å². The van der Waals surface area contributed by atoms with Gasteiger partial charge in [-0.2, -0.15) is 0 Å². The van der Waals surface area contributed by atoms with Crippen LogP contribution in [0.5, 0.6) is 0 Å². The summed E-state index contributed by atoms with van der Waals surface area (Å²) in [4.78, 5) is 22.4. The summed E-state index contributed by atoms with van der Waals surface area (Å²) in [6, 6.07) is -0.760. The van der Waals surface area contributed by atoms with Gasteiger partial charge in [-0.3, -0.25) is 4.79 Å². The first kappa shape index (κ1) is 12.7. The van der Waals surface area contributed by atoms with Crippen LogP contribution < -0.4 is 16.0 Å². The summed E-state index contributed by atoms with van der Waals surface area (Å²) in [5.41, 5.74) is 0. The van der Waals surface area contributed by atoms with E-state index in [9.17, 15) is 9.59 Å². The number of carbonyl (C=O) groups excluding carboxylic acids is 2. The van der Waals surface area contributed by atoms with Gasteiger partial charge >= 0.3 is 6.03 Å². The van der Waals surface area contributed by atoms with Crippen molar-refractivity contribution in [3.8, 4) is 0 Å². The van der Waals surface area contributed by atoms with Crippen LogP contribution in [-0.2, 0) is 4.79 Å². The fourth-order valence-corrected chi connectivity index (χ4v) is 0.893. The average Bonchev–Trinajstić information content (AvgIpc) is 2.02. The summed E-state index contributed by atoms with van der Waals surface area (Å²) in [5, 5.41) is 7.80. The molecule has 82 valence electrons. The Morgan fingerprint density at radius 2 is 1.71 bits per heavy atom. The monoisotopic (exact) mass is 201 g/mol. The van der Waals surface area contributed by atoms with Crippen molar-refractivity contribution in [1.29, 1.82) is 0 Å². The number of rotatable bonds is 4. The van der Waals surface area contributed by atoms with E-state index in [0.717, 1.165) is 0 Å². The number of carbonyl (C=O) groups is 2. The molecule has 0 aromatic rings. The van der Waals surface area contributed by atoms with E-state index in [0.29, 0.717) is 6.54 Å². The van der Waals surface area contributed by atoms with E-state index in [4.69, 9.17) is 0 Å². The van der Waals surface area contributed by atoms with Gasteiger partial charge in [0.05, 0.1) is 0 Å².